The first-order valence-electron chi connectivity index (χ1n) is 13.6. The maximum Gasteiger partial charge on any atom is 0.162 e. The van der Waals surface area contributed by atoms with Crippen molar-refractivity contribution in [1.82, 2.24) is 29.9 Å². The van der Waals surface area contributed by atoms with Gasteiger partial charge in [-0.3, -0.25) is 9.78 Å². The number of hydrogen-bond donors (Lipinski definition) is 1. The first-order valence-corrected chi connectivity index (χ1v) is 13.9. The number of fused-ring (bicyclic) bond motifs is 2. The zero-order valence-electron chi connectivity index (χ0n) is 22.4. The van der Waals surface area contributed by atoms with E-state index in [1.807, 2.05) is 18.7 Å². The largest absolute Gasteiger partial charge is 0.377 e. The molecule has 1 aromatic carbocycles. The molecule has 2 aliphatic heterocycles. The zero-order valence-corrected chi connectivity index (χ0v) is 23.1. The van der Waals surface area contributed by atoms with Crippen LogP contribution < -0.4 is 9.80 Å². The van der Waals surface area contributed by atoms with Gasteiger partial charge in [-0.15, -0.1) is 0 Å². The van der Waals surface area contributed by atoms with Gasteiger partial charge in [0, 0.05) is 55.5 Å². The molecule has 9 nitrogen and oxygen atoms in total. The van der Waals surface area contributed by atoms with E-state index in [1.54, 1.807) is 0 Å². The molecule has 198 valence electrons. The zero-order chi connectivity index (χ0) is 26.1. The van der Waals surface area contributed by atoms with Gasteiger partial charge in [0.25, 0.3) is 0 Å². The van der Waals surface area contributed by atoms with E-state index in [2.05, 4.69) is 46.0 Å². The topological polar surface area (TPSA) is 88.0 Å². The van der Waals surface area contributed by atoms with Crippen molar-refractivity contribution >= 4 is 34.1 Å². The summed E-state index contributed by atoms with van der Waals surface area (Å²) in [6.45, 7) is 10.1. The van der Waals surface area contributed by atoms with Gasteiger partial charge < -0.3 is 14.5 Å². The van der Waals surface area contributed by atoms with Gasteiger partial charge >= 0.3 is 0 Å². The molecule has 7 rings (SSSR count). The fourth-order valence-electron chi connectivity index (χ4n) is 6.10. The maximum absolute atomic E-state index is 6.93. The molecule has 10 heteroatoms. The Labute approximate surface area is 227 Å². The van der Waals surface area contributed by atoms with E-state index >= 15 is 0 Å². The van der Waals surface area contributed by atoms with Crippen molar-refractivity contribution in [2.24, 2.45) is 7.05 Å². The number of ether oxygens (including phenoxy) is 1. The lowest BCUT2D eigenvalue weighted by Crippen LogP contribution is -2.45. The van der Waals surface area contributed by atoms with Crippen LogP contribution in [0.1, 0.15) is 53.9 Å². The molecule has 3 aliphatic rings. The number of H-pyrrole nitrogens is 1. The molecule has 0 bridgehead atoms. The Bertz CT molecular complexity index is 1550. The Morgan fingerprint density at radius 3 is 2.76 bits per heavy atom. The summed E-state index contributed by atoms with van der Waals surface area (Å²) in [7, 11) is 2.00. The number of aromatic nitrogens is 6. The summed E-state index contributed by atoms with van der Waals surface area (Å²) in [5, 5.41) is 14.3. The lowest BCUT2D eigenvalue weighted by molar-refractivity contribution is 0.0984. The molecular formula is C28H33ClN8O. The first-order chi connectivity index (χ1) is 18.4. The van der Waals surface area contributed by atoms with Crippen molar-refractivity contribution in [3.63, 3.8) is 0 Å². The number of hydrogen-bond acceptors (Lipinski definition) is 7. The quantitative estimate of drug-likeness (QED) is 0.408. The van der Waals surface area contributed by atoms with E-state index in [1.165, 1.54) is 18.4 Å². The molecule has 0 spiro atoms. The highest BCUT2D eigenvalue weighted by molar-refractivity contribution is 6.33. The van der Waals surface area contributed by atoms with E-state index in [4.69, 9.17) is 31.4 Å². The second kappa shape index (κ2) is 8.95. The monoisotopic (exact) mass is 532 g/mol. The number of morpholine rings is 1. The SMILES string of the molecule is Cc1ccc2[nH]nc(C)c2c1-c1nc2c(c(N3CCOCC3C)n1)CN(c1c(Cl)c(C3CC3)nn1C)CC2. The molecule has 1 saturated heterocycles. The second-order valence-corrected chi connectivity index (χ2v) is 11.4. The van der Waals surface area contributed by atoms with E-state index < -0.39 is 0 Å². The Hall–Kier alpha value is -3.17. The summed E-state index contributed by atoms with van der Waals surface area (Å²) < 4.78 is 7.75. The number of rotatable bonds is 4. The molecule has 3 aromatic heterocycles. The van der Waals surface area contributed by atoms with Gasteiger partial charge in [0.15, 0.2) is 5.82 Å². The minimum Gasteiger partial charge on any atom is -0.377 e. The van der Waals surface area contributed by atoms with Crippen LogP contribution >= 0.6 is 11.6 Å². The van der Waals surface area contributed by atoms with E-state index in [0.717, 1.165) is 81.1 Å². The van der Waals surface area contributed by atoms with Gasteiger partial charge in [-0.25, -0.2) is 9.97 Å². The number of nitrogens with zero attached hydrogens (tertiary/aromatic N) is 7. The summed E-state index contributed by atoms with van der Waals surface area (Å²) in [6.07, 6.45) is 3.17. The summed E-state index contributed by atoms with van der Waals surface area (Å²) in [5.74, 6) is 3.28. The lowest BCUT2D eigenvalue weighted by atomic mass is 9.99. The smallest absolute Gasteiger partial charge is 0.162 e. The Morgan fingerprint density at radius 1 is 1.13 bits per heavy atom. The van der Waals surface area contributed by atoms with E-state index in [0.29, 0.717) is 25.7 Å². The van der Waals surface area contributed by atoms with Gasteiger partial charge in [-0.05, 0) is 45.2 Å². The Balaban J connectivity index is 1.37. The molecule has 0 amide bonds. The highest BCUT2D eigenvalue weighted by Crippen LogP contribution is 2.46. The molecule has 1 saturated carbocycles. The number of aromatic amines is 1. The third kappa shape index (κ3) is 3.78. The predicted octanol–water partition coefficient (Wildman–Crippen LogP) is 4.69. The number of nitrogens with one attached hydrogen (secondary N) is 1. The van der Waals surface area contributed by atoms with Crippen LogP contribution in [0, 0.1) is 13.8 Å². The van der Waals surface area contributed by atoms with Crippen molar-refractivity contribution in [1.29, 1.82) is 0 Å². The molecule has 38 heavy (non-hydrogen) atoms. The van der Waals surface area contributed by atoms with E-state index in [9.17, 15) is 0 Å². The highest BCUT2D eigenvalue weighted by atomic mass is 35.5. The summed E-state index contributed by atoms with van der Waals surface area (Å²) in [5.41, 5.74) is 7.51. The van der Waals surface area contributed by atoms with Crippen LogP contribution in [0.25, 0.3) is 22.3 Å². The maximum atomic E-state index is 6.93. The van der Waals surface area contributed by atoms with E-state index in [-0.39, 0.29) is 6.04 Å². The van der Waals surface area contributed by atoms with Crippen molar-refractivity contribution in [3.05, 3.63) is 45.4 Å². The molecule has 1 atom stereocenters. The van der Waals surface area contributed by atoms with Gasteiger partial charge in [0.05, 0.1) is 41.9 Å². The minimum atomic E-state index is 0.222. The van der Waals surface area contributed by atoms with Crippen molar-refractivity contribution < 1.29 is 4.74 Å². The van der Waals surface area contributed by atoms with Crippen LogP contribution in [0.4, 0.5) is 11.6 Å². The van der Waals surface area contributed by atoms with Crippen LogP contribution in [-0.2, 0) is 24.8 Å². The number of aryl methyl sites for hydroxylation is 3. The summed E-state index contributed by atoms with van der Waals surface area (Å²) >= 11 is 6.93. The molecule has 1 unspecified atom stereocenters. The summed E-state index contributed by atoms with van der Waals surface area (Å²) in [6, 6.07) is 4.43. The first kappa shape index (κ1) is 23.9. The van der Waals surface area contributed by atoms with Gasteiger partial charge in [0.2, 0.25) is 0 Å². The van der Waals surface area contributed by atoms with Crippen LogP contribution in [0.15, 0.2) is 12.1 Å². The molecule has 4 aromatic rings. The lowest BCUT2D eigenvalue weighted by Gasteiger charge is -2.38. The fourth-order valence-corrected chi connectivity index (χ4v) is 6.54. The normalized spacial score (nSPS) is 19.9. The molecule has 0 radical (unpaired) electrons. The molecule has 2 fully saturated rings. The highest BCUT2D eigenvalue weighted by Gasteiger charge is 2.35. The molecule has 1 N–H and O–H groups in total. The second-order valence-electron chi connectivity index (χ2n) is 11.0. The Kier molecular flexibility index (Phi) is 5.63. The predicted molar refractivity (Wildman–Crippen MR) is 149 cm³/mol. The van der Waals surface area contributed by atoms with Crippen LogP contribution in [0.2, 0.25) is 5.02 Å². The summed E-state index contributed by atoms with van der Waals surface area (Å²) in [4.78, 5) is 15.3. The average molecular weight is 533 g/mol. The van der Waals surface area contributed by atoms with Gasteiger partial charge in [-0.1, -0.05) is 17.7 Å². The standard InChI is InChI=1S/C28H33ClN8O/c1-15-5-8-21-23(17(3)32-33-21)22(15)26-30-20-9-10-36(28-24(29)25(18-6-7-18)34-35(28)4)13-19(20)27(31-26)37-11-12-38-14-16(37)2/h5,8,16,18H,6-7,9-14H2,1-4H3,(H,32,33). The molecule has 5 heterocycles. The van der Waals surface area contributed by atoms with Crippen molar-refractivity contribution in [2.45, 2.75) is 58.5 Å². The molecule has 1 aliphatic carbocycles. The van der Waals surface area contributed by atoms with Crippen molar-refractivity contribution in [3.8, 4) is 11.4 Å². The van der Waals surface area contributed by atoms with Gasteiger partial charge in [-0.2, -0.15) is 10.2 Å². The Morgan fingerprint density at radius 2 is 1.97 bits per heavy atom. The average Bonchev–Trinajstić information content (AvgIpc) is 3.62. The third-order valence-electron chi connectivity index (χ3n) is 8.27. The minimum absolute atomic E-state index is 0.222. The number of anilines is 2. The number of benzene rings is 1. The number of halogens is 1. The fraction of sp³-hybridized carbons (Fsp3) is 0.500. The van der Waals surface area contributed by atoms with Gasteiger partial charge in [0.1, 0.15) is 16.7 Å². The van der Waals surface area contributed by atoms with Crippen molar-refractivity contribution in [2.75, 3.05) is 36.1 Å². The van der Waals surface area contributed by atoms with Crippen LogP contribution in [0.5, 0.6) is 0 Å². The van der Waals surface area contributed by atoms with Crippen LogP contribution in [-0.4, -0.2) is 62.3 Å². The third-order valence-corrected chi connectivity index (χ3v) is 8.63. The van der Waals surface area contributed by atoms with Crippen LogP contribution in [0.3, 0.4) is 0 Å². The molecular weight excluding hydrogens is 500 g/mol.